The summed E-state index contributed by atoms with van der Waals surface area (Å²) >= 11 is 0. The Bertz CT molecular complexity index is 1010. The van der Waals surface area contributed by atoms with E-state index in [-0.39, 0.29) is 18.1 Å². The lowest BCUT2D eigenvalue weighted by molar-refractivity contribution is -0.141. The molecule has 0 aliphatic heterocycles. The number of benzene rings is 1. The molecule has 1 unspecified atom stereocenters. The zero-order chi connectivity index (χ0) is 20.4. The van der Waals surface area contributed by atoms with Crippen LogP contribution in [0.3, 0.4) is 0 Å². The van der Waals surface area contributed by atoms with Crippen LogP contribution in [0.2, 0.25) is 0 Å². The first kappa shape index (κ1) is 19.5. The molecule has 0 fully saturated rings. The minimum atomic E-state index is -1.06. The molecule has 28 heavy (non-hydrogen) atoms. The van der Waals surface area contributed by atoms with Crippen LogP contribution in [0.4, 0.5) is 0 Å². The molecule has 7 nitrogen and oxygen atoms in total. The summed E-state index contributed by atoms with van der Waals surface area (Å²) < 4.78 is 5.27. The standard InChI is InChI=1S/C21H23N3O4/c1-12(2)16-11-15(18-13(3)23-28-19(18)22-16)20(25)24(4)17(21(26)27)10-14-8-6-5-7-9-14/h5-9,11-12,17H,10H2,1-4H3,(H,26,27). The van der Waals surface area contributed by atoms with Crippen molar-refractivity contribution < 1.29 is 19.2 Å². The van der Waals surface area contributed by atoms with E-state index >= 15 is 0 Å². The van der Waals surface area contributed by atoms with Crippen molar-refractivity contribution in [1.82, 2.24) is 15.0 Å². The van der Waals surface area contributed by atoms with E-state index in [0.29, 0.717) is 22.3 Å². The van der Waals surface area contributed by atoms with Gasteiger partial charge in [-0.05, 0) is 24.5 Å². The van der Waals surface area contributed by atoms with E-state index in [2.05, 4.69) is 10.1 Å². The molecule has 0 saturated heterocycles. The molecule has 0 aliphatic rings. The van der Waals surface area contributed by atoms with Gasteiger partial charge in [0.1, 0.15) is 6.04 Å². The van der Waals surface area contributed by atoms with Gasteiger partial charge in [0.2, 0.25) is 0 Å². The van der Waals surface area contributed by atoms with Crippen LogP contribution in [0.25, 0.3) is 11.1 Å². The topological polar surface area (TPSA) is 96.5 Å². The van der Waals surface area contributed by atoms with Gasteiger partial charge in [0.15, 0.2) is 0 Å². The summed E-state index contributed by atoms with van der Waals surface area (Å²) in [6.07, 6.45) is 0.215. The third kappa shape index (κ3) is 3.74. The smallest absolute Gasteiger partial charge is 0.326 e. The van der Waals surface area contributed by atoms with Gasteiger partial charge in [0, 0.05) is 19.2 Å². The first-order valence-electron chi connectivity index (χ1n) is 9.10. The van der Waals surface area contributed by atoms with Crippen molar-refractivity contribution in [3.8, 4) is 0 Å². The van der Waals surface area contributed by atoms with Gasteiger partial charge in [-0.15, -0.1) is 0 Å². The maximum absolute atomic E-state index is 13.3. The van der Waals surface area contributed by atoms with Gasteiger partial charge in [0.25, 0.3) is 11.6 Å². The number of hydrogen-bond donors (Lipinski definition) is 1. The van der Waals surface area contributed by atoms with Crippen LogP contribution < -0.4 is 0 Å². The molecule has 1 N–H and O–H groups in total. The second-order valence-electron chi connectivity index (χ2n) is 7.16. The molecule has 7 heteroatoms. The molecule has 0 saturated carbocycles. The molecule has 0 bridgehead atoms. The van der Waals surface area contributed by atoms with Gasteiger partial charge < -0.3 is 14.5 Å². The number of aliphatic carboxylic acids is 1. The Morgan fingerprint density at radius 1 is 1.21 bits per heavy atom. The summed E-state index contributed by atoms with van der Waals surface area (Å²) in [4.78, 5) is 30.9. The van der Waals surface area contributed by atoms with Crippen molar-refractivity contribution in [3.63, 3.8) is 0 Å². The summed E-state index contributed by atoms with van der Waals surface area (Å²) in [5, 5.41) is 14.2. The van der Waals surface area contributed by atoms with Crippen LogP contribution in [0, 0.1) is 6.92 Å². The van der Waals surface area contributed by atoms with Gasteiger partial charge in [-0.3, -0.25) is 4.79 Å². The fraction of sp³-hybridized carbons (Fsp3) is 0.333. The van der Waals surface area contributed by atoms with E-state index in [1.165, 1.54) is 11.9 Å². The number of hydrogen-bond acceptors (Lipinski definition) is 5. The molecule has 0 aliphatic carbocycles. The van der Waals surface area contributed by atoms with Crippen LogP contribution in [0.5, 0.6) is 0 Å². The largest absolute Gasteiger partial charge is 0.480 e. The van der Waals surface area contributed by atoms with Gasteiger partial charge in [-0.2, -0.15) is 0 Å². The zero-order valence-corrected chi connectivity index (χ0v) is 16.3. The number of carboxylic acid groups (broad SMARTS) is 1. The van der Waals surface area contributed by atoms with Crippen molar-refractivity contribution in [1.29, 1.82) is 0 Å². The predicted molar refractivity (Wildman–Crippen MR) is 104 cm³/mol. The number of pyridine rings is 1. The lowest BCUT2D eigenvalue weighted by atomic mass is 10.0. The molecule has 3 rings (SSSR count). The number of rotatable bonds is 6. The summed E-state index contributed by atoms with van der Waals surface area (Å²) in [6.45, 7) is 5.66. The number of carboxylic acids is 1. The van der Waals surface area contributed by atoms with Crippen LogP contribution in [-0.4, -0.2) is 45.1 Å². The quantitative estimate of drug-likeness (QED) is 0.703. The SMILES string of the molecule is Cc1noc2nc(C(C)C)cc(C(=O)N(C)C(Cc3ccccc3)C(=O)O)c12. The number of aromatic nitrogens is 2. The zero-order valence-electron chi connectivity index (χ0n) is 16.3. The minimum Gasteiger partial charge on any atom is -0.480 e. The third-order valence-corrected chi connectivity index (χ3v) is 4.80. The average molecular weight is 381 g/mol. The number of carbonyl (C=O) groups is 2. The Kier molecular flexibility index (Phi) is 5.44. The molecule has 2 aromatic heterocycles. The number of aryl methyl sites for hydroxylation is 1. The Morgan fingerprint density at radius 2 is 1.89 bits per heavy atom. The maximum Gasteiger partial charge on any atom is 0.326 e. The van der Waals surface area contributed by atoms with E-state index < -0.39 is 17.9 Å². The summed E-state index contributed by atoms with van der Waals surface area (Å²) in [7, 11) is 1.51. The van der Waals surface area contributed by atoms with Crippen LogP contribution in [-0.2, 0) is 11.2 Å². The van der Waals surface area contributed by atoms with Gasteiger partial charge >= 0.3 is 5.97 Å². The molecule has 3 aromatic rings. The first-order valence-corrected chi connectivity index (χ1v) is 9.10. The van der Waals surface area contributed by atoms with E-state index in [9.17, 15) is 14.7 Å². The Hall–Kier alpha value is -3.22. The maximum atomic E-state index is 13.3. The van der Waals surface area contributed by atoms with Gasteiger partial charge in [0.05, 0.1) is 16.6 Å². The molecule has 1 aromatic carbocycles. The van der Waals surface area contributed by atoms with Gasteiger partial charge in [-0.1, -0.05) is 49.3 Å². The number of carbonyl (C=O) groups excluding carboxylic acids is 1. The average Bonchev–Trinajstić information content (AvgIpc) is 3.06. The second kappa shape index (κ2) is 7.80. The van der Waals surface area contributed by atoms with Crippen LogP contribution in [0.1, 0.15) is 47.1 Å². The number of nitrogens with zero attached hydrogens (tertiary/aromatic N) is 3. The van der Waals surface area contributed by atoms with E-state index in [0.717, 1.165) is 5.56 Å². The summed E-state index contributed by atoms with van der Waals surface area (Å²) in [6, 6.07) is 9.96. The summed E-state index contributed by atoms with van der Waals surface area (Å²) in [5.74, 6) is -1.38. The molecule has 1 amide bonds. The van der Waals surface area contributed by atoms with Gasteiger partial charge in [-0.25, -0.2) is 9.78 Å². The lowest BCUT2D eigenvalue weighted by Gasteiger charge is -2.25. The van der Waals surface area contributed by atoms with Crippen molar-refractivity contribution in [2.45, 2.75) is 39.2 Å². The highest BCUT2D eigenvalue weighted by molar-refractivity contribution is 6.07. The van der Waals surface area contributed by atoms with E-state index in [1.807, 2.05) is 44.2 Å². The van der Waals surface area contributed by atoms with E-state index in [4.69, 9.17) is 4.52 Å². The first-order chi connectivity index (χ1) is 13.3. The molecule has 0 radical (unpaired) electrons. The molecular weight excluding hydrogens is 358 g/mol. The molecular formula is C21H23N3O4. The van der Waals surface area contributed by atoms with Crippen molar-refractivity contribution in [3.05, 3.63) is 58.9 Å². The van der Waals surface area contributed by atoms with Crippen LogP contribution in [0.15, 0.2) is 40.9 Å². The number of fused-ring (bicyclic) bond motifs is 1. The highest BCUT2D eigenvalue weighted by Crippen LogP contribution is 2.26. The second-order valence-corrected chi connectivity index (χ2v) is 7.16. The summed E-state index contributed by atoms with van der Waals surface area (Å²) in [5.41, 5.74) is 2.72. The van der Waals surface area contributed by atoms with Crippen molar-refractivity contribution in [2.75, 3.05) is 7.05 Å². The fourth-order valence-electron chi connectivity index (χ4n) is 3.14. The molecule has 146 valence electrons. The minimum absolute atomic E-state index is 0.0752. The van der Waals surface area contributed by atoms with Crippen molar-refractivity contribution in [2.24, 2.45) is 0 Å². The normalized spacial score (nSPS) is 12.3. The monoisotopic (exact) mass is 381 g/mol. The highest BCUT2D eigenvalue weighted by Gasteiger charge is 2.30. The fourth-order valence-corrected chi connectivity index (χ4v) is 3.14. The predicted octanol–water partition coefficient (Wildman–Crippen LogP) is 3.42. The van der Waals surface area contributed by atoms with Crippen molar-refractivity contribution >= 4 is 23.0 Å². The lowest BCUT2D eigenvalue weighted by Crippen LogP contribution is -2.44. The Morgan fingerprint density at radius 3 is 2.50 bits per heavy atom. The highest BCUT2D eigenvalue weighted by atomic mass is 16.5. The Balaban J connectivity index is 2.01. The third-order valence-electron chi connectivity index (χ3n) is 4.80. The number of likely N-dealkylation sites (N-methyl/N-ethyl adjacent to an activating group) is 1. The van der Waals surface area contributed by atoms with Crippen LogP contribution >= 0.6 is 0 Å². The number of amides is 1. The molecule has 2 heterocycles. The molecule has 1 atom stereocenters. The molecule has 0 spiro atoms. The Labute approximate surface area is 163 Å². The van der Waals surface area contributed by atoms with E-state index in [1.54, 1.807) is 13.0 Å².